The smallest absolute Gasteiger partial charge is 0.165 e. The molecule has 0 heterocycles. The van der Waals surface area contributed by atoms with Gasteiger partial charge in [0.05, 0.1) is 7.11 Å². The van der Waals surface area contributed by atoms with Crippen LogP contribution in [-0.2, 0) is 4.89 Å². The van der Waals surface area contributed by atoms with Crippen molar-refractivity contribution in [3.63, 3.8) is 0 Å². The highest BCUT2D eigenvalue weighted by Crippen LogP contribution is 2.26. The molecule has 0 N–H and O–H groups in total. The van der Waals surface area contributed by atoms with Crippen molar-refractivity contribution >= 4 is 0 Å². The van der Waals surface area contributed by atoms with E-state index in [1.165, 1.54) is 12.7 Å². The average molecular weight is 206 g/mol. The molecule has 1 aromatic rings. The summed E-state index contributed by atoms with van der Waals surface area (Å²) in [7, 11) is 1.50. The van der Waals surface area contributed by atoms with E-state index in [4.69, 9.17) is 4.89 Å². The van der Waals surface area contributed by atoms with Gasteiger partial charge in [-0.25, -0.2) is 0 Å². The van der Waals surface area contributed by atoms with Gasteiger partial charge in [-0.1, -0.05) is 32.1 Å². The van der Waals surface area contributed by atoms with Gasteiger partial charge in [0.2, 0.25) is 0 Å². The third-order valence-electron chi connectivity index (χ3n) is 2.75. The maximum Gasteiger partial charge on any atom is 0.165 e. The highest BCUT2D eigenvalue weighted by Gasteiger charge is 2.10. The van der Waals surface area contributed by atoms with Crippen LogP contribution in [0.4, 0.5) is 0 Å². The molecule has 1 unspecified atom stereocenters. The van der Waals surface area contributed by atoms with Gasteiger partial charge in [-0.3, -0.25) is 0 Å². The molecular weight excluding hydrogens is 188 g/mol. The van der Waals surface area contributed by atoms with E-state index in [2.05, 4.69) is 37.4 Å². The van der Waals surface area contributed by atoms with Crippen molar-refractivity contribution in [3.05, 3.63) is 42.5 Å². The van der Waals surface area contributed by atoms with Crippen molar-refractivity contribution in [2.45, 2.75) is 19.8 Å². The summed E-state index contributed by atoms with van der Waals surface area (Å²) < 4.78 is 0. The lowest BCUT2D eigenvalue weighted by Gasteiger charge is -2.16. The minimum Gasteiger partial charge on any atom is -0.338 e. The second kappa shape index (κ2) is 5.56. The number of hydrogen-bond acceptors (Lipinski definition) is 2. The summed E-state index contributed by atoms with van der Waals surface area (Å²) in [6.07, 6.45) is 1.98. The van der Waals surface area contributed by atoms with Crippen molar-refractivity contribution < 1.29 is 9.78 Å². The van der Waals surface area contributed by atoms with Gasteiger partial charge in [0.1, 0.15) is 0 Å². The van der Waals surface area contributed by atoms with Crippen LogP contribution in [0.5, 0.6) is 5.75 Å². The molecule has 2 atom stereocenters. The van der Waals surface area contributed by atoms with Crippen LogP contribution in [0.15, 0.2) is 36.9 Å². The predicted octanol–water partition coefficient (Wildman–Crippen LogP) is 3.55. The molecule has 2 nitrogen and oxygen atoms in total. The number of allylic oxidation sites excluding steroid dienone is 1. The van der Waals surface area contributed by atoms with Crippen molar-refractivity contribution in [2.24, 2.45) is 5.92 Å². The molecule has 0 saturated carbocycles. The summed E-state index contributed by atoms with van der Waals surface area (Å²) in [5.41, 5.74) is 1.28. The zero-order valence-corrected chi connectivity index (χ0v) is 9.57. The number of hydrogen-bond donors (Lipinski definition) is 0. The van der Waals surface area contributed by atoms with E-state index >= 15 is 0 Å². The second-order valence-corrected chi connectivity index (χ2v) is 3.70. The highest BCUT2D eigenvalue weighted by molar-refractivity contribution is 5.29. The third-order valence-corrected chi connectivity index (χ3v) is 2.75. The summed E-state index contributed by atoms with van der Waals surface area (Å²) in [6, 6.07) is 7.92. The first kappa shape index (κ1) is 11.8. The summed E-state index contributed by atoms with van der Waals surface area (Å²) in [5, 5.41) is 0. The number of rotatable bonds is 5. The van der Waals surface area contributed by atoms with Crippen LogP contribution in [0.1, 0.15) is 25.3 Å². The van der Waals surface area contributed by atoms with E-state index < -0.39 is 0 Å². The lowest BCUT2D eigenvalue weighted by atomic mass is 9.89. The summed E-state index contributed by atoms with van der Waals surface area (Å²) in [5.74, 6) is 1.66. The summed E-state index contributed by atoms with van der Waals surface area (Å²) >= 11 is 0. The Morgan fingerprint density at radius 2 is 1.80 bits per heavy atom. The Morgan fingerprint density at radius 1 is 1.20 bits per heavy atom. The van der Waals surface area contributed by atoms with E-state index in [0.29, 0.717) is 11.8 Å². The van der Waals surface area contributed by atoms with Crippen LogP contribution in [0.3, 0.4) is 0 Å². The average Bonchev–Trinajstić information content (AvgIpc) is 2.28. The van der Waals surface area contributed by atoms with Crippen LogP contribution in [0.25, 0.3) is 0 Å². The van der Waals surface area contributed by atoms with Crippen molar-refractivity contribution in [1.29, 1.82) is 0 Å². The molecule has 0 fully saturated rings. The Balaban J connectivity index is 2.74. The normalized spacial score (nSPS) is 14.3. The molecule has 1 aromatic carbocycles. The van der Waals surface area contributed by atoms with Crippen LogP contribution in [0.2, 0.25) is 0 Å². The first-order chi connectivity index (χ1) is 7.19. The van der Waals surface area contributed by atoms with Gasteiger partial charge in [0, 0.05) is 0 Å². The SMILES string of the molecule is C=CC(C)[C@H](C)c1ccc(OOC)cc1. The Morgan fingerprint density at radius 3 is 2.27 bits per heavy atom. The molecule has 1 rings (SSSR count). The van der Waals surface area contributed by atoms with E-state index in [9.17, 15) is 0 Å². The Bertz CT molecular complexity index is 303. The molecule has 0 radical (unpaired) electrons. The fourth-order valence-corrected chi connectivity index (χ4v) is 1.43. The lowest BCUT2D eigenvalue weighted by Crippen LogP contribution is -2.03. The topological polar surface area (TPSA) is 18.5 Å². The fourth-order valence-electron chi connectivity index (χ4n) is 1.43. The molecule has 0 amide bonds. The number of benzene rings is 1. The molecular formula is C13H18O2. The zero-order valence-electron chi connectivity index (χ0n) is 9.57. The van der Waals surface area contributed by atoms with Crippen molar-refractivity contribution in [3.8, 4) is 5.75 Å². The molecule has 0 spiro atoms. The largest absolute Gasteiger partial charge is 0.338 e. The second-order valence-electron chi connectivity index (χ2n) is 3.70. The van der Waals surface area contributed by atoms with E-state index in [0.717, 1.165) is 5.75 Å². The van der Waals surface area contributed by atoms with Crippen LogP contribution >= 0.6 is 0 Å². The van der Waals surface area contributed by atoms with Gasteiger partial charge in [-0.2, -0.15) is 4.89 Å². The molecule has 82 valence electrons. The highest BCUT2D eigenvalue weighted by atomic mass is 17.2. The fraction of sp³-hybridized carbons (Fsp3) is 0.385. The molecule has 0 bridgehead atoms. The predicted molar refractivity (Wildman–Crippen MR) is 61.9 cm³/mol. The van der Waals surface area contributed by atoms with Crippen molar-refractivity contribution in [2.75, 3.05) is 7.11 Å². The van der Waals surface area contributed by atoms with Gasteiger partial charge in [-0.05, 0) is 29.5 Å². The maximum atomic E-state index is 4.91. The molecule has 0 aliphatic rings. The van der Waals surface area contributed by atoms with Crippen LogP contribution in [0, 0.1) is 5.92 Å². The quantitative estimate of drug-likeness (QED) is 0.416. The Labute approximate surface area is 91.5 Å². The monoisotopic (exact) mass is 206 g/mol. The molecule has 0 aliphatic heterocycles. The molecule has 2 heteroatoms. The first-order valence-electron chi connectivity index (χ1n) is 5.12. The van der Waals surface area contributed by atoms with Gasteiger partial charge < -0.3 is 4.89 Å². The van der Waals surface area contributed by atoms with Crippen LogP contribution < -0.4 is 4.89 Å². The van der Waals surface area contributed by atoms with Crippen molar-refractivity contribution in [1.82, 2.24) is 0 Å². The first-order valence-corrected chi connectivity index (χ1v) is 5.12. The minimum atomic E-state index is 0.471. The Kier molecular flexibility index (Phi) is 4.37. The van der Waals surface area contributed by atoms with Gasteiger partial charge in [0.25, 0.3) is 0 Å². The minimum absolute atomic E-state index is 0.471. The summed E-state index contributed by atoms with van der Waals surface area (Å²) in [4.78, 5) is 9.49. The molecule has 0 aliphatic carbocycles. The maximum absolute atomic E-state index is 4.91. The van der Waals surface area contributed by atoms with E-state index in [1.807, 2.05) is 18.2 Å². The lowest BCUT2D eigenvalue weighted by molar-refractivity contribution is -0.178. The van der Waals surface area contributed by atoms with Crippen LogP contribution in [-0.4, -0.2) is 7.11 Å². The van der Waals surface area contributed by atoms with E-state index in [-0.39, 0.29) is 0 Å². The van der Waals surface area contributed by atoms with Gasteiger partial charge in [-0.15, -0.1) is 6.58 Å². The van der Waals surface area contributed by atoms with E-state index in [1.54, 1.807) is 0 Å². The molecule has 15 heavy (non-hydrogen) atoms. The molecule has 0 aromatic heterocycles. The van der Waals surface area contributed by atoms with Gasteiger partial charge >= 0.3 is 0 Å². The zero-order chi connectivity index (χ0) is 11.3. The standard InChI is InChI=1S/C13H18O2/c1-5-10(2)11(3)12-6-8-13(9-7-12)15-14-4/h5-11H,1H2,2-4H3/t10?,11-/m0/s1. The summed E-state index contributed by atoms with van der Waals surface area (Å²) in [6.45, 7) is 8.17. The Hall–Kier alpha value is -1.28. The van der Waals surface area contributed by atoms with Gasteiger partial charge in [0.15, 0.2) is 5.75 Å². The molecule has 0 saturated heterocycles. The third kappa shape index (κ3) is 3.10.